The number of nitrogens with one attached hydrogen (secondary N) is 1. The molecular formula is C15H21N5O2S. The summed E-state index contributed by atoms with van der Waals surface area (Å²) in [5.41, 5.74) is 7.51. The van der Waals surface area contributed by atoms with E-state index in [1.54, 1.807) is 5.38 Å². The van der Waals surface area contributed by atoms with Crippen molar-refractivity contribution in [2.24, 2.45) is 5.73 Å². The maximum absolute atomic E-state index is 12.5. The third kappa shape index (κ3) is 3.76. The number of anilines is 1. The Morgan fingerprint density at radius 1 is 1.35 bits per heavy atom. The SMILES string of the molecule is Cc1nn(C(C)(C)C)c(C)c1C(=O)Nc1nc(CC(N)=O)cs1. The molecule has 0 aliphatic rings. The van der Waals surface area contributed by atoms with Crippen molar-refractivity contribution < 1.29 is 9.59 Å². The van der Waals surface area contributed by atoms with Crippen LogP contribution < -0.4 is 11.1 Å². The Morgan fingerprint density at radius 2 is 2.00 bits per heavy atom. The lowest BCUT2D eigenvalue weighted by Gasteiger charge is -2.21. The Morgan fingerprint density at radius 3 is 2.52 bits per heavy atom. The molecule has 0 fully saturated rings. The molecule has 0 saturated heterocycles. The minimum Gasteiger partial charge on any atom is -0.369 e. The van der Waals surface area contributed by atoms with Gasteiger partial charge >= 0.3 is 0 Å². The maximum atomic E-state index is 12.5. The topological polar surface area (TPSA) is 103 Å². The van der Waals surface area contributed by atoms with Gasteiger partial charge in [0, 0.05) is 11.1 Å². The number of rotatable bonds is 4. The molecule has 124 valence electrons. The quantitative estimate of drug-likeness (QED) is 0.891. The number of nitrogens with two attached hydrogens (primary N) is 1. The molecule has 7 nitrogen and oxygen atoms in total. The van der Waals surface area contributed by atoms with E-state index in [2.05, 4.69) is 15.4 Å². The Kier molecular flexibility index (Phi) is 4.56. The first kappa shape index (κ1) is 17.1. The van der Waals surface area contributed by atoms with Gasteiger partial charge in [-0.1, -0.05) is 0 Å². The van der Waals surface area contributed by atoms with Gasteiger partial charge in [0.25, 0.3) is 5.91 Å². The van der Waals surface area contributed by atoms with Crippen molar-refractivity contribution in [3.05, 3.63) is 28.0 Å². The van der Waals surface area contributed by atoms with Crippen LogP contribution in [0, 0.1) is 13.8 Å². The normalized spacial score (nSPS) is 11.5. The Hall–Kier alpha value is -2.22. The van der Waals surface area contributed by atoms with E-state index < -0.39 is 5.91 Å². The average Bonchev–Trinajstić information content (AvgIpc) is 2.92. The number of amides is 2. The smallest absolute Gasteiger partial charge is 0.261 e. The number of hydrogen-bond acceptors (Lipinski definition) is 5. The highest BCUT2D eigenvalue weighted by atomic mass is 32.1. The predicted molar refractivity (Wildman–Crippen MR) is 89.7 cm³/mol. The van der Waals surface area contributed by atoms with E-state index in [0.717, 1.165) is 5.69 Å². The van der Waals surface area contributed by atoms with Crippen LogP contribution in [-0.4, -0.2) is 26.6 Å². The molecule has 2 heterocycles. The van der Waals surface area contributed by atoms with Crippen LogP contribution in [0.5, 0.6) is 0 Å². The van der Waals surface area contributed by atoms with Gasteiger partial charge in [0.05, 0.1) is 28.9 Å². The fraction of sp³-hybridized carbons (Fsp3) is 0.467. The second kappa shape index (κ2) is 6.11. The number of aryl methyl sites for hydroxylation is 1. The van der Waals surface area contributed by atoms with Crippen LogP contribution in [0.3, 0.4) is 0 Å². The predicted octanol–water partition coefficient (Wildman–Crippen LogP) is 1.99. The number of nitrogens with zero attached hydrogens (tertiary/aromatic N) is 3. The summed E-state index contributed by atoms with van der Waals surface area (Å²) < 4.78 is 1.84. The highest BCUT2D eigenvalue weighted by molar-refractivity contribution is 7.14. The zero-order valence-electron chi connectivity index (χ0n) is 13.9. The molecule has 0 unspecified atom stereocenters. The van der Waals surface area contributed by atoms with Crippen molar-refractivity contribution >= 4 is 28.3 Å². The van der Waals surface area contributed by atoms with E-state index in [0.29, 0.717) is 22.1 Å². The second-order valence-corrected chi connectivity index (χ2v) is 7.23. The second-order valence-electron chi connectivity index (χ2n) is 6.37. The number of carbonyl (C=O) groups is 2. The Bertz CT molecular complexity index is 754. The minimum absolute atomic E-state index is 0.0619. The van der Waals surface area contributed by atoms with Crippen molar-refractivity contribution in [1.29, 1.82) is 0 Å². The van der Waals surface area contributed by atoms with Crippen LogP contribution in [-0.2, 0) is 16.8 Å². The van der Waals surface area contributed by atoms with Crippen molar-refractivity contribution in [3.63, 3.8) is 0 Å². The zero-order chi connectivity index (χ0) is 17.4. The van der Waals surface area contributed by atoms with E-state index in [1.807, 2.05) is 39.3 Å². The van der Waals surface area contributed by atoms with Crippen molar-refractivity contribution in [2.75, 3.05) is 5.32 Å². The molecule has 2 aromatic heterocycles. The first-order valence-electron chi connectivity index (χ1n) is 7.20. The molecule has 0 saturated carbocycles. The molecule has 2 rings (SSSR count). The van der Waals surface area contributed by atoms with Crippen LogP contribution in [0.2, 0.25) is 0 Å². The standard InChI is InChI=1S/C15H21N5O2S/c1-8-12(9(2)20(19-8)15(3,4)5)13(22)18-14-17-10(7-23-14)6-11(16)21/h7H,6H2,1-5H3,(H2,16,21)(H,17,18,22). The van der Waals surface area contributed by atoms with Crippen molar-refractivity contribution in [1.82, 2.24) is 14.8 Å². The fourth-order valence-electron chi connectivity index (χ4n) is 2.41. The maximum Gasteiger partial charge on any atom is 0.261 e. The molecule has 0 atom stereocenters. The molecule has 23 heavy (non-hydrogen) atoms. The molecule has 0 aliphatic heterocycles. The Balaban J connectivity index is 2.23. The number of primary amides is 1. The molecule has 0 aliphatic carbocycles. The molecule has 2 amide bonds. The van der Waals surface area contributed by atoms with E-state index in [1.165, 1.54) is 11.3 Å². The highest BCUT2D eigenvalue weighted by Gasteiger charge is 2.25. The van der Waals surface area contributed by atoms with E-state index in [9.17, 15) is 9.59 Å². The molecule has 0 spiro atoms. The van der Waals surface area contributed by atoms with Crippen molar-refractivity contribution in [2.45, 2.75) is 46.6 Å². The molecule has 8 heteroatoms. The largest absolute Gasteiger partial charge is 0.369 e. The molecule has 0 bridgehead atoms. The van der Waals surface area contributed by atoms with Gasteiger partial charge in [-0.05, 0) is 34.6 Å². The van der Waals surface area contributed by atoms with Gasteiger partial charge in [0.15, 0.2) is 5.13 Å². The number of thiazole rings is 1. The fourth-order valence-corrected chi connectivity index (χ4v) is 3.11. The lowest BCUT2D eigenvalue weighted by molar-refractivity contribution is -0.117. The monoisotopic (exact) mass is 335 g/mol. The van der Waals surface area contributed by atoms with Crippen molar-refractivity contribution in [3.8, 4) is 0 Å². The van der Waals surface area contributed by atoms with E-state index >= 15 is 0 Å². The summed E-state index contributed by atoms with van der Waals surface area (Å²) in [6.45, 7) is 9.78. The van der Waals surface area contributed by atoms with Gasteiger partial charge in [-0.2, -0.15) is 5.10 Å². The van der Waals surface area contributed by atoms with E-state index in [-0.39, 0.29) is 17.9 Å². The first-order valence-corrected chi connectivity index (χ1v) is 8.08. The van der Waals surface area contributed by atoms with Crippen LogP contribution in [0.1, 0.15) is 48.2 Å². The Labute approximate surface area is 138 Å². The summed E-state index contributed by atoms with van der Waals surface area (Å²) in [7, 11) is 0. The zero-order valence-corrected chi connectivity index (χ0v) is 14.7. The third-order valence-corrected chi connectivity index (χ3v) is 4.09. The number of carbonyl (C=O) groups excluding carboxylic acids is 2. The summed E-state index contributed by atoms with van der Waals surface area (Å²) in [6, 6.07) is 0. The number of hydrogen-bond donors (Lipinski definition) is 2. The van der Waals surface area contributed by atoms with Gasteiger partial charge in [-0.3, -0.25) is 19.6 Å². The molecule has 0 aromatic carbocycles. The minimum atomic E-state index is -0.452. The van der Waals surface area contributed by atoms with Crippen LogP contribution >= 0.6 is 11.3 Å². The van der Waals surface area contributed by atoms with Gasteiger partial charge in [-0.25, -0.2) is 4.98 Å². The summed E-state index contributed by atoms with van der Waals surface area (Å²) in [5.74, 6) is -0.707. The lowest BCUT2D eigenvalue weighted by atomic mass is 10.1. The number of aromatic nitrogens is 3. The van der Waals surface area contributed by atoms with Gasteiger partial charge in [-0.15, -0.1) is 11.3 Å². The van der Waals surface area contributed by atoms with Gasteiger partial charge < -0.3 is 5.73 Å². The van der Waals surface area contributed by atoms with Gasteiger partial charge in [0.2, 0.25) is 5.91 Å². The van der Waals surface area contributed by atoms with Crippen LogP contribution in [0.4, 0.5) is 5.13 Å². The summed E-state index contributed by atoms with van der Waals surface area (Å²) in [5, 5.41) is 9.37. The highest BCUT2D eigenvalue weighted by Crippen LogP contribution is 2.23. The summed E-state index contributed by atoms with van der Waals surface area (Å²) in [6.07, 6.45) is 0.0619. The van der Waals surface area contributed by atoms with Crippen LogP contribution in [0.15, 0.2) is 5.38 Å². The summed E-state index contributed by atoms with van der Waals surface area (Å²) in [4.78, 5) is 27.6. The molecule has 3 N–H and O–H groups in total. The summed E-state index contributed by atoms with van der Waals surface area (Å²) >= 11 is 1.26. The molecule has 0 radical (unpaired) electrons. The average molecular weight is 335 g/mol. The third-order valence-electron chi connectivity index (χ3n) is 3.28. The van der Waals surface area contributed by atoms with Gasteiger partial charge in [0.1, 0.15) is 0 Å². The van der Waals surface area contributed by atoms with E-state index in [4.69, 9.17) is 5.73 Å². The first-order chi connectivity index (χ1) is 10.6. The lowest BCUT2D eigenvalue weighted by Crippen LogP contribution is -2.25. The van der Waals surface area contributed by atoms with Crippen LogP contribution in [0.25, 0.3) is 0 Å². The molecule has 2 aromatic rings. The molecular weight excluding hydrogens is 314 g/mol.